The molecule has 20 heavy (non-hydrogen) atoms. The third-order valence-electron chi connectivity index (χ3n) is 4.71. The second-order valence-corrected chi connectivity index (χ2v) is 5.84. The van der Waals surface area contributed by atoms with Gasteiger partial charge in [-0.3, -0.25) is 0 Å². The highest BCUT2D eigenvalue weighted by molar-refractivity contribution is 5.69. The van der Waals surface area contributed by atoms with Crippen LogP contribution in [0.5, 0.6) is 0 Å². The van der Waals surface area contributed by atoms with E-state index in [0.717, 1.165) is 17.8 Å². The van der Waals surface area contributed by atoms with E-state index >= 15 is 0 Å². The molecule has 2 bridgehead atoms. The molecule has 5 heteroatoms. The SMILES string of the molecule is Nc1c(-c2ccccc2)nnn1C1CN2CCC1CC2. The molecule has 0 saturated carbocycles. The van der Waals surface area contributed by atoms with Crippen LogP contribution in [0.3, 0.4) is 0 Å². The Kier molecular flexibility index (Phi) is 2.73. The molecule has 3 fully saturated rings. The zero-order chi connectivity index (χ0) is 13.5. The van der Waals surface area contributed by atoms with Crippen molar-refractivity contribution in [2.45, 2.75) is 18.9 Å². The van der Waals surface area contributed by atoms with E-state index in [0.29, 0.717) is 17.8 Å². The number of piperidine rings is 3. The molecule has 3 aliphatic rings. The molecule has 1 aromatic heterocycles. The molecule has 3 saturated heterocycles. The van der Waals surface area contributed by atoms with Crippen LogP contribution in [0.4, 0.5) is 5.82 Å². The minimum absolute atomic E-state index is 0.391. The summed E-state index contributed by atoms with van der Waals surface area (Å²) in [5, 5.41) is 8.66. The van der Waals surface area contributed by atoms with E-state index in [1.807, 2.05) is 35.0 Å². The Bertz CT molecular complexity index is 598. The van der Waals surface area contributed by atoms with Gasteiger partial charge in [0.1, 0.15) is 5.69 Å². The van der Waals surface area contributed by atoms with Gasteiger partial charge in [0, 0.05) is 12.1 Å². The summed E-state index contributed by atoms with van der Waals surface area (Å²) >= 11 is 0. The number of aromatic nitrogens is 3. The molecule has 1 atom stereocenters. The fraction of sp³-hybridized carbons (Fsp3) is 0.467. The largest absolute Gasteiger partial charge is 0.382 e. The summed E-state index contributed by atoms with van der Waals surface area (Å²) in [6.45, 7) is 3.51. The molecule has 3 aliphatic heterocycles. The highest BCUT2D eigenvalue weighted by atomic mass is 15.5. The average molecular weight is 269 g/mol. The van der Waals surface area contributed by atoms with Gasteiger partial charge in [-0.25, -0.2) is 4.68 Å². The Balaban J connectivity index is 1.69. The molecule has 1 aromatic carbocycles. The molecule has 0 radical (unpaired) electrons. The second-order valence-electron chi connectivity index (χ2n) is 5.84. The fourth-order valence-corrected chi connectivity index (χ4v) is 3.56. The summed E-state index contributed by atoms with van der Waals surface area (Å²) in [7, 11) is 0. The summed E-state index contributed by atoms with van der Waals surface area (Å²) in [6.07, 6.45) is 2.51. The summed E-state index contributed by atoms with van der Waals surface area (Å²) in [4.78, 5) is 2.51. The molecule has 0 spiro atoms. The first-order chi connectivity index (χ1) is 9.83. The maximum Gasteiger partial charge on any atom is 0.150 e. The first-order valence-corrected chi connectivity index (χ1v) is 7.31. The van der Waals surface area contributed by atoms with E-state index in [1.54, 1.807) is 0 Å². The molecule has 2 aromatic rings. The molecule has 5 nitrogen and oxygen atoms in total. The van der Waals surface area contributed by atoms with Gasteiger partial charge in [-0.05, 0) is 31.8 Å². The number of hydrogen-bond acceptors (Lipinski definition) is 4. The van der Waals surface area contributed by atoms with Crippen molar-refractivity contribution in [1.82, 2.24) is 19.9 Å². The molecular formula is C15H19N5. The quantitative estimate of drug-likeness (QED) is 0.903. The highest BCUT2D eigenvalue weighted by Gasteiger charge is 2.37. The van der Waals surface area contributed by atoms with Crippen molar-refractivity contribution in [2.75, 3.05) is 25.4 Å². The van der Waals surface area contributed by atoms with Crippen LogP contribution in [0.15, 0.2) is 30.3 Å². The standard InChI is InChI=1S/C15H19N5/c16-15-14(12-4-2-1-3-5-12)17-18-20(15)13-10-19-8-6-11(13)7-9-19/h1-5,11,13H,6-10,16H2. The van der Waals surface area contributed by atoms with Crippen molar-refractivity contribution in [3.8, 4) is 11.3 Å². The van der Waals surface area contributed by atoms with Gasteiger partial charge in [0.25, 0.3) is 0 Å². The van der Waals surface area contributed by atoms with Gasteiger partial charge in [-0.15, -0.1) is 5.10 Å². The van der Waals surface area contributed by atoms with Gasteiger partial charge in [0.05, 0.1) is 6.04 Å². The van der Waals surface area contributed by atoms with E-state index in [2.05, 4.69) is 15.2 Å². The third kappa shape index (κ3) is 1.81. The topological polar surface area (TPSA) is 60.0 Å². The van der Waals surface area contributed by atoms with Crippen LogP contribution in [0.1, 0.15) is 18.9 Å². The molecule has 2 N–H and O–H groups in total. The number of benzene rings is 1. The minimum Gasteiger partial charge on any atom is -0.382 e. The number of nitrogens with zero attached hydrogens (tertiary/aromatic N) is 4. The Labute approximate surface area is 118 Å². The molecule has 104 valence electrons. The second kappa shape index (κ2) is 4.59. The molecule has 1 unspecified atom stereocenters. The zero-order valence-electron chi connectivity index (χ0n) is 11.4. The van der Waals surface area contributed by atoms with Crippen molar-refractivity contribution < 1.29 is 0 Å². The van der Waals surface area contributed by atoms with Gasteiger partial charge in [-0.1, -0.05) is 35.5 Å². The van der Waals surface area contributed by atoms with Gasteiger partial charge in [0.2, 0.25) is 0 Å². The minimum atomic E-state index is 0.391. The number of rotatable bonds is 2. The normalized spacial score (nSPS) is 28.7. The lowest BCUT2D eigenvalue weighted by molar-refractivity contribution is 0.0514. The third-order valence-corrected chi connectivity index (χ3v) is 4.71. The van der Waals surface area contributed by atoms with Crippen LogP contribution in [0, 0.1) is 5.92 Å². The number of anilines is 1. The maximum absolute atomic E-state index is 6.32. The monoisotopic (exact) mass is 269 g/mol. The van der Waals surface area contributed by atoms with Crippen molar-refractivity contribution in [3.63, 3.8) is 0 Å². The lowest BCUT2D eigenvalue weighted by atomic mass is 9.84. The van der Waals surface area contributed by atoms with Crippen molar-refractivity contribution in [3.05, 3.63) is 30.3 Å². The van der Waals surface area contributed by atoms with Gasteiger partial charge < -0.3 is 10.6 Å². The summed E-state index contributed by atoms with van der Waals surface area (Å²) in [5.74, 6) is 1.41. The molecule has 4 heterocycles. The Morgan fingerprint density at radius 3 is 2.50 bits per heavy atom. The van der Waals surface area contributed by atoms with E-state index in [9.17, 15) is 0 Å². The molecular weight excluding hydrogens is 250 g/mol. The van der Waals surface area contributed by atoms with Crippen LogP contribution in [0.2, 0.25) is 0 Å². The van der Waals surface area contributed by atoms with E-state index in [-0.39, 0.29) is 0 Å². The lowest BCUT2D eigenvalue weighted by Crippen LogP contribution is -2.48. The Morgan fingerprint density at radius 2 is 1.85 bits per heavy atom. The van der Waals surface area contributed by atoms with Crippen molar-refractivity contribution in [2.24, 2.45) is 5.92 Å². The van der Waals surface area contributed by atoms with Gasteiger partial charge >= 0.3 is 0 Å². The first-order valence-electron chi connectivity index (χ1n) is 7.31. The highest BCUT2D eigenvalue weighted by Crippen LogP contribution is 2.37. The summed E-state index contributed by atoms with van der Waals surface area (Å²) in [6, 6.07) is 10.5. The fourth-order valence-electron chi connectivity index (χ4n) is 3.56. The molecule has 5 rings (SSSR count). The zero-order valence-corrected chi connectivity index (χ0v) is 11.4. The molecule has 0 aliphatic carbocycles. The van der Waals surface area contributed by atoms with Gasteiger partial charge in [-0.2, -0.15) is 0 Å². The van der Waals surface area contributed by atoms with Crippen molar-refractivity contribution >= 4 is 5.82 Å². The summed E-state index contributed by atoms with van der Waals surface area (Å²) in [5.41, 5.74) is 8.16. The number of nitrogens with two attached hydrogens (primary N) is 1. The van der Waals surface area contributed by atoms with Gasteiger partial charge in [0.15, 0.2) is 5.82 Å². The smallest absolute Gasteiger partial charge is 0.150 e. The van der Waals surface area contributed by atoms with Crippen molar-refractivity contribution in [1.29, 1.82) is 0 Å². The number of fused-ring (bicyclic) bond motifs is 3. The van der Waals surface area contributed by atoms with E-state index < -0.39 is 0 Å². The van der Waals surface area contributed by atoms with Crippen LogP contribution >= 0.6 is 0 Å². The lowest BCUT2D eigenvalue weighted by Gasteiger charge is -2.44. The van der Waals surface area contributed by atoms with Crippen LogP contribution in [-0.4, -0.2) is 39.5 Å². The summed E-state index contributed by atoms with van der Waals surface area (Å²) < 4.78 is 1.96. The molecule has 0 amide bonds. The predicted octanol–water partition coefficient (Wildman–Crippen LogP) is 1.79. The number of nitrogen functional groups attached to an aromatic ring is 1. The van der Waals surface area contributed by atoms with E-state index in [4.69, 9.17) is 5.73 Å². The van der Waals surface area contributed by atoms with Crippen LogP contribution < -0.4 is 5.73 Å². The Hall–Kier alpha value is -1.88. The van der Waals surface area contributed by atoms with Crippen LogP contribution in [0.25, 0.3) is 11.3 Å². The maximum atomic E-state index is 6.32. The van der Waals surface area contributed by atoms with E-state index in [1.165, 1.54) is 25.9 Å². The first kappa shape index (κ1) is 11.9. The average Bonchev–Trinajstić information content (AvgIpc) is 2.91. The van der Waals surface area contributed by atoms with Crippen LogP contribution in [-0.2, 0) is 0 Å². The Morgan fingerprint density at radius 1 is 1.10 bits per heavy atom. The number of hydrogen-bond donors (Lipinski definition) is 1. The predicted molar refractivity (Wildman–Crippen MR) is 78.1 cm³/mol.